The Bertz CT molecular complexity index is 630. The number of nitrogens with zero attached hydrogens (tertiary/aromatic N) is 2. The van der Waals surface area contributed by atoms with Crippen LogP contribution in [0, 0.1) is 5.92 Å². The van der Waals surface area contributed by atoms with Gasteiger partial charge in [0, 0.05) is 12.3 Å². The Kier molecular flexibility index (Phi) is 5.60. The average molecular weight is 331 g/mol. The molecule has 6 heteroatoms. The van der Waals surface area contributed by atoms with Gasteiger partial charge in [-0.2, -0.15) is 0 Å². The standard InChI is InChI=1S/C17H21N3O2S/c1-4-11(2)20-16(22)14(15(21)19-17(20)23)10-18-12(3)13-8-6-5-7-9-13/h5-12,14H,4H2,1-3H3,(H,19,21,23)/t11-,12+,14-/m1/s1. The fraction of sp³-hybridized carbons (Fsp3) is 0.412. The van der Waals surface area contributed by atoms with E-state index in [0.29, 0.717) is 0 Å². The van der Waals surface area contributed by atoms with E-state index in [-0.39, 0.29) is 23.1 Å². The smallest absolute Gasteiger partial charge is 0.247 e. The first-order chi connectivity index (χ1) is 11.0. The number of carbonyl (C=O) groups excluding carboxylic acids is 2. The molecule has 1 aliphatic rings. The van der Waals surface area contributed by atoms with Crippen LogP contribution in [0.3, 0.4) is 0 Å². The van der Waals surface area contributed by atoms with Crippen LogP contribution in [0.1, 0.15) is 38.8 Å². The molecular weight excluding hydrogens is 310 g/mol. The first-order valence-corrected chi connectivity index (χ1v) is 8.12. The minimum Gasteiger partial charge on any atom is -0.302 e. The first-order valence-electron chi connectivity index (χ1n) is 7.71. The third-order valence-corrected chi connectivity index (χ3v) is 4.31. The first kappa shape index (κ1) is 17.3. The van der Waals surface area contributed by atoms with E-state index in [4.69, 9.17) is 12.2 Å². The quantitative estimate of drug-likeness (QED) is 0.512. The average Bonchev–Trinajstić information content (AvgIpc) is 2.54. The molecule has 0 radical (unpaired) electrons. The summed E-state index contributed by atoms with van der Waals surface area (Å²) < 4.78 is 0. The second-order valence-electron chi connectivity index (χ2n) is 5.62. The van der Waals surface area contributed by atoms with Crippen LogP contribution in [-0.4, -0.2) is 34.1 Å². The Morgan fingerprint density at radius 1 is 1.30 bits per heavy atom. The van der Waals surface area contributed by atoms with Crippen molar-refractivity contribution in [3.05, 3.63) is 35.9 Å². The van der Waals surface area contributed by atoms with E-state index >= 15 is 0 Å². The number of nitrogens with one attached hydrogen (secondary N) is 1. The molecule has 1 saturated heterocycles. The van der Waals surface area contributed by atoms with E-state index < -0.39 is 11.8 Å². The van der Waals surface area contributed by atoms with Crippen LogP contribution in [0.2, 0.25) is 0 Å². The summed E-state index contributed by atoms with van der Waals surface area (Å²) in [4.78, 5) is 30.5. The Balaban J connectivity index is 2.17. The molecule has 1 aromatic rings. The van der Waals surface area contributed by atoms with Crippen molar-refractivity contribution in [2.75, 3.05) is 0 Å². The maximum absolute atomic E-state index is 12.6. The molecule has 1 N–H and O–H groups in total. The minimum absolute atomic E-state index is 0.0574. The summed E-state index contributed by atoms with van der Waals surface area (Å²) in [6, 6.07) is 9.55. The van der Waals surface area contributed by atoms with E-state index in [1.165, 1.54) is 11.1 Å². The molecule has 0 bridgehead atoms. The van der Waals surface area contributed by atoms with Crippen molar-refractivity contribution >= 4 is 35.4 Å². The summed E-state index contributed by atoms with van der Waals surface area (Å²) in [7, 11) is 0. The molecule has 23 heavy (non-hydrogen) atoms. The topological polar surface area (TPSA) is 61.8 Å². The predicted octanol–water partition coefficient (Wildman–Crippen LogP) is 2.48. The number of thiocarbonyl (C=S) groups is 1. The fourth-order valence-electron chi connectivity index (χ4n) is 2.37. The van der Waals surface area contributed by atoms with Crippen molar-refractivity contribution in [2.45, 2.75) is 39.3 Å². The second kappa shape index (κ2) is 7.46. The zero-order valence-corrected chi connectivity index (χ0v) is 14.3. The molecule has 2 rings (SSSR count). The lowest BCUT2D eigenvalue weighted by molar-refractivity contribution is -0.139. The normalized spacial score (nSPS) is 21.4. The van der Waals surface area contributed by atoms with Gasteiger partial charge in [0.05, 0.1) is 6.04 Å². The lowest BCUT2D eigenvalue weighted by atomic mass is 10.0. The van der Waals surface area contributed by atoms with Crippen LogP contribution in [0.4, 0.5) is 0 Å². The van der Waals surface area contributed by atoms with E-state index in [0.717, 1.165) is 12.0 Å². The van der Waals surface area contributed by atoms with Gasteiger partial charge < -0.3 is 5.32 Å². The molecule has 0 aromatic heterocycles. The molecule has 0 spiro atoms. The van der Waals surface area contributed by atoms with Gasteiger partial charge in [-0.1, -0.05) is 37.3 Å². The van der Waals surface area contributed by atoms with E-state index in [9.17, 15) is 9.59 Å². The molecule has 2 amide bonds. The summed E-state index contributed by atoms with van der Waals surface area (Å²) in [6.45, 7) is 5.80. The summed E-state index contributed by atoms with van der Waals surface area (Å²) in [5.41, 5.74) is 1.03. The van der Waals surface area contributed by atoms with Gasteiger partial charge in [0.25, 0.3) is 0 Å². The molecule has 5 nitrogen and oxygen atoms in total. The van der Waals surface area contributed by atoms with Gasteiger partial charge in [-0.25, -0.2) is 0 Å². The lowest BCUT2D eigenvalue weighted by Gasteiger charge is -2.35. The van der Waals surface area contributed by atoms with Crippen LogP contribution < -0.4 is 5.32 Å². The summed E-state index contributed by atoms with van der Waals surface area (Å²) in [6.07, 6.45) is 2.19. The Morgan fingerprint density at radius 2 is 1.96 bits per heavy atom. The monoisotopic (exact) mass is 331 g/mol. The molecule has 0 aliphatic carbocycles. The highest BCUT2D eigenvalue weighted by molar-refractivity contribution is 7.80. The van der Waals surface area contributed by atoms with Crippen molar-refractivity contribution in [1.82, 2.24) is 10.2 Å². The number of aliphatic imine (C=N–C) groups is 1. The zero-order chi connectivity index (χ0) is 17.0. The zero-order valence-electron chi connectivity index (χ0n) is 13.5. The van der Waals surface area contributed by atoms with Crippen molar-refractivity contribution in [2.24, 2.45) is 10.9 Å². The summed E-state index contributed by atoms with van der Waals surface area (Å²) >= 11 is 5.12. The van der Waals surface area contributed by atoms with Gasteiger partial charge in [-0.15, -0.1) is 0 Å². The number of benzene rings is 1. The van der Waals surface area contributed by atoms with Gasteiger partial charge in [0.2, 0.25) is 11.8 Å². The highest BCUT2D eigenvalue weighted by Gasteiger charge is 2.39. The molecule has 122 valence electrons. The van der Waals surface area contributed by atoms with E-state index in [2.05, 4.69) is 10.3 Å². The molecule has 1 heterocycles. The number of carbonyl (C=O) groups is 2. The van der Waals surface area contributed by atoms with Crippen LogP contribution >= 0.6 is 12.2 Å². The third kappa shape index (κ3) is 3.82. The van der Waals surface area contributed by atoms with Gasteiger partial charge in [0.1, 0.15) is 0 Å². The van der Waals surface area contributed by atoms with Crippen LogP contribution in [0.15, 0.2) is 35.3 Å². The van der Waals surface area contributed by atoms with Crippen LogP contribution in [0.5, 0.6) is 0 Å². The molecule has 0 saturated carbocycles. The number of hydrogen-bond donors (Lipinski definition) is 1. The fourth-order valence-corrected chi connectivity index (χ4v) is 2.74. The largest absolute Gasteiger partial charge is 0.302 e. The summed E-state index contributed by atoms with van der Waals surface area (Å²) in [5, 5.41) is 2.77. The van der Waals surface area contributed by atoms with Gasteiger partial charge in [-0.05, 0) is 38.0 Å². The van der Waals surface area contributed by atoms with Crippen molar-refractivity contribution in [1.29, 1.82) is 0 Å². The van der Waals surface area contributed by atoms with E-state index in [1.807, 2.05) is 51.1 Å². The number of amides is 2. The van der Waals surface area contributed by atoms with Crippen molar-refractivity contribution < 1.29 is 9.59 Å². The Labute approximate surface area is 141 Å². The van der Waals surface area contributed by atoms with Gasteiger partial charge >= 0.3 is 0 Å². The maximum atomic E-state index is 12.6. The molecule has 1 fully saturated rings. The maximum Gasteiger partial charge on any atom is 0.247 e. The third-order valence-electron chi connectivity index (χ3n) is 4.01. The van der Waals surface area contributed by atoms with Crippen molar-refractivity contribution in [3.8, 4) is 0 Å². The Morgan fingerprint density at radius 3 is 2.57 bits per heavy atom. The van der Waals surface area contributed by atoms with Crippen molar-refractivity contribution in [3.63, 3.8) is 0 Å². The minimum atomic E-state index is -0.929. The molecule has 1 aromatic carbocycles. The molecular formula is C17H21N3O2S. The van der Waals surface area contributed by atoms with Gasteiger partial charge in [-0.3, -0.25) is 19.5 Å². The molecule has 3 atom stereocenters. The van der Waals surface area contributed by atoms with Gasteiger partial charge in [0.15, 0.2) is 11.0 Å². The number of hydrogen-bond acceptors (Lipinski definition) is 4. The molecule has 1 aliphatic heterocycles. The second-order valence-corrected chi connectivity index (χ2v) is 6.01. The Hall–Kier alpha value is -2.08. The molecule has 0 unspecified atom stereocenters. The van der Waals surface area contributed by atoms with Crippen LogP contribution in [-0.2, 0) is 9.59 Å². The van der Waals surface area contributed by atoms with E-state index in [1.54, 1.807) is 0 Å². The number of rotatable bonds is 5. The summed E-state index contributed by atoms with van der Waals surface area (Å²) in [5.74, 6) is -1.65. The predicted molar refractivity (Wildman–Crippen MR) is 94.2 cm³/mol. The lowest BCUT2D eigenvalue weighted by Crippen LogP contribution is -2.60. The van der Waals surface area contributed by atoms with Crippen LogP contribution in [0.25, 0.3) is 0 Å². The highest BCUT2D eigenvalue weighted by Crippen LogP contribution is 2.18. The highest BCUT2D eigenvalue weighted by atomic mass is 32.1. The SMILES string of the molecule is CC[C@@H](C)N1C(=O)[C@H](C=N[C@@H](C)c2ccccc2)C(=O)NC1=S.